The molecule has 1 N–H and O–H groups in total. The second kappa shape index (κ2) is 6.46. The van der Waals surface area contributed by atoms with E-state index in [1.54, 1.807) is 26.3 Å². The molecule has 112 valence electrons. The van der Waals surface area contributed by atoms with Crippen molar-refractivity contribution >= 4 is 11.6 Å². The minimum Gasteiger partial charge on any atom is -0.496 e. The normalized spacial score (nSPS) is 12.3. The predicted molar refractivity (Wildman–Crippen MR) is 84.8 cm³/mol. The first-order valence-electron chi connectivity index (χ1n) is 6.75. The summed E-state index contributed by atoms with van der Waals surface area (Å²) < 4.78 is 19.7. The second-order valence-corrected chi connectivity index (χ2v) is 5.52. The van der Waals surface area contributed by atoms with Gasteiger partial charge in [0.25, 0.3) is 0 Å². The molecule has 2 nitrogen and oxygen atoms in total. The fraction of sp³-hybridized carbons (Fsp3) is 0.294. The monoisotopic (exact) mass is 307 g/mol. The summed E-state index contributed by atoms with van der Waals surface area (Å²) in [6, 6.07) is 8.28. The number of halogens is 2. The lowest BCUT2D eigenvalue weighted by molar-refractivity contribution is 0.403. The molecule has 1 atom stereocenters. The molecule has 0 aliphatic rings. The topological polar surface area (TPSA) is 21.3 Å². The molecule has 0 aliphatic carbocycles. The van der Waals surface area contributed by atoms with Crippen molar-refractivity contribution in [2.24, 2.45) is 0 Å². The molecule has 0 spiro atoms. The SMILES string of the molecule is CNC(c1cc(Cl)ccc1F)c1c(C)cc(C)cc1OC. The zero-order valence-corrected chi connectivity index (χ0v) is 13.4. The summed E-state index contributed by atoms with van der Waals surface area (Å²) in [5.41, 5.74) is 3.59. The van der Waals surface area contributed by atoms with E-state index >= 15 is 0 Å². The van der Waals surface area contributed by atoms with Crippen molar-refractivity contribution in [1.29, 1.82) is 0 Å². The Morgan fingerprint density at radius 3 is 2.52 bits per heavy atom. The maximum absolute atomic E-state index is 14.2. The Balaban J connectivity index is 2.64. The van der Waals surface area contributed by atoms with Gasteiger partial charge in [-0.05, 0) is 56.3 Å². The summed E-state index contributed by atoms with van der Waals surface area (Å²) in [6.45, 7) is 4.01. The van der Waals surface area contributed by atoms with E-state index in [2.05, 4.69) is 11.4 Å². The summed E-state index contributed by atoms with van der Waals surface area (Å²) >= 11 is 6.02. The van der Waals surface area contributed by atoms with Crippen molar-refractivity contribution < 1.29 is 9.13 Å². The van der Waals surface area contributed by atoms with E-state index in [1.807, 2.05) is 19.9 Å². The summed E-state index contributed by atoms with van der Waals surface area (Å²) in [4.78, 5) is 0. The van der Waals surface area contributed by atoms with Crippen molar-refractivity contribution in [1.82, 2.24) is 5.32 Å². The third-order valence-corrected chi connectivity index (χ3v) is 3.79. The maximum Gasteiger partial charge on any atom is 0.128 e. The average molecular weight is 308 g/mol. The number of nitrogens with one attached hydrogen (secondary N) is 1. The molecule has 0 radical (unpaired) electrons. The van der Waals surface area contributed by atoms with Crippen LogP contribution in [0.4, 0.5) is 4.39 Å². The fourth-order valence-corrected chi connectivity index (χ4v) is 2.85. The molecular formula is C17H19ClFNO. The van der Waals surface area contributed by atoms with Crippen LogP contribution in [0.3, 0.4) is 0 Å². The quantitative estimate of drug-likeness (QED) is 0.903. The molecule has 0 saturated carbocycles. The molecule has 0 heterocycles. The van der Waals surface area contributed by atoms with Crippen molar-refractivity contribution in [3.8, 4) is 5.75 Å². The van der Waals surface area contributed by atoms with Gasteiger partial charge in [-0.2, -0.15) is 0 Å². The van der Waals surface area contributed by atoms with Gasteiger partial charge in [0.15, 0.2) is 0 Å². The van der Waals surface area contributed by atoms with Crippen molar-refractivity contribution in [2.45, 2.75) is 19.9 Å². The first-order chi connectivity index (χ1) is 9.97. The first kappa shape index (κ1) is 15.8. The highest BCUT2D eigenvalue weighted by atomic mass is 35.5. The van der Waals surface area contributed by atoms with Crippen LogP contribution in [0.2, 0.25) is 5.02 Å². The van der Waals surface area contributed by atoms with Gasteiger partial charge >= 0.3 is 0 Å². The fourth-order valence-electron chi connectivity index (χ4n) is 2.67. The zero-order valence-electron chi connectivity index (χ0n) is 12.6. The van der Waals surface area contributed by atoms with Crippen LogP contribution >= 0.6 is 11.6 Å². The largest absolute Gasteiger partial charge is 0.496 e. The highest BCUT2D eigenvalue weighted by Gasteiger charge is 2.22. The van der Waals surface area contributed by atoms with Crippen LogP contribution in [0.5, 0.6) is 5.75 Å². The Labute approximate surface area is 129 Å². The highest BCUT2D eigenvalue weighted by molar-refractivity contribution is 6.30. The van der Waals surface area contributed by atoms with E-state index in [1.165, 1.54) is 6.07 Å². The number of methoxy groups -OCH3 is 1. The molecule has 4 heteroatoms. The molecule has 0 saturated heterocycles. The number of rotatable bonds is 4. The van der Waals surface area contributed by atoms with Crippen LogP contribution in [0.25, 0.3) is 0 Å². The van der Waals surface area contributed by atoms with Gasteiger partial charge in [0.1, 0.15) is 11.6 Å². The van der Waals surface area contributed by atoms with Crippen LogP contribution < -0.4 is 10.1 Å². The number of aryl methyl sites for hydroxylation is 2. The standard InChI is InChI=1S/C17H19ClFNO/c1-10-7-11(2)16(15(8-10)21-4)17(20-3)13-9-12(18)5-6-14(13)19/h5-9,17,20H,1-4H3. The average Bonchev–Trinajstić information content (AvgIpc) is 2.44. The Bertz CT molecular complexity index is 657. The molecule has 1 unspecified atom stereocenters. The summed E-state index contributed by atoms with van der Waals surface area (Å²) in [6.07, 6.45) is 0. The number of hydrogen-bond donors (Lipinski definition) is 1. The van der Waals surface area contributed by atoms with Gasteiger partial charge in [-0.25, -0.2) is 4.39 Å². The smallest absolute Gasteiger partial charge is 0.128 e. The van der Waals surface area contributed by atoms with Gasteiger partial charge in [-0.3, -0.25) is 0 Å². The molecule has 0 aliphatic heterocycles. The zero-order chi connectivity index (χ0) is 15.6. The molecule has 0 fully saturated rings. The maximum atomic E-state index is 14.2. The Kier molecular flexibility index (Phi) is 4.86. The van der Waals surface area contributed by atoms with Crippen molar-refractivity contribution in [3.63, 3.8) is 0 Å². The van der Waals surface area contributed by atoms with Gasteiger partial charge in [0, 0.05) is 16.1 Å². The predicted octanol–water partition coefficient (Wildman–Crippen LogP) is 4.41. The van der Waals surface area contributed by atoms with E-state index < -0.39 is 0 Å². The number of ether oxygens (including phenoxy) is 1. The van der Waals surface area contributed by atoms with E-state index in [9.17, 15) is 4.39 Å². The van der Waals surface area contributed by atoms with E-state index in [4.69, 9.17) is 16.3 Å². The van der Waals surface area contributed by atoms with Crippen LogP contribution in [-0.4, -0.2) is 14.2 Å². The lowest BCUT2D eigenvalue weighted by Crippen LogP contribution is -2.21. The Morgan fingerprint density at radius 2 is 1.90 bits per heavy atom. The molecule has 2 aromatic rings. The molecule has 0 amide bonds. The summed E-state index contributed by atoms with van der Waals surface area (Å²) in [5, 5.41) is 3.67. The number of hydrogen-bond acceptors (Lipinski definition) is 2. The second-order valence-electron chi connectivity index (χ2n) is 5.09. The van der Waals surface area contributed by atoms with Crippen LogP contribution in [0.1, 0.15) is 28.3 Å². The van der Waals surface area contributed by atoms with E-state index in [0.29, 0.717) is 10.6 Å². The minimum absolute atomic E-state index is 0.291. The van der Waals surface area contributed by atoms with Gasteiger partial charge < -0.3 is 10.1 Å². The van der Waals surface area contributed by atoms with Crippen molar-refractivity contribution in [3.05, 3.63) is 63.4 Å². The first-order valence-corrected chi connectivity index (χ1v) is 7.13. The highest BCUT2D eigenvalue weighted by Crippen LogP contribution is 2.35. The molecule has 0 bridgehead atoms. The molecule has 21 heavy (non-hydrogen) atoms. The lowest BCUT2D eigenvalue weighted by Gasteiger charge is -2.23. The Hall–Kier alpha value is -1.58. The third kappa shape index (κ3) is 3.20. The van der Waals surface area contributed by atoms with Crippen molar-refractivity contribution in [2.75, 3.05) is 14.2 Å². The van der Waals surface area contributed by atoms with Gasteiger partial charge in [-0.1, -0.05) is 17.7 Å². The van der Waals surface area contributed by atoms with Crippen LogP contribution in [0, 0.1) is 19.7 Å². The lowest BCUT2D eigenvalue weighted by atomic mass is 9.92. The molecule has 2 aromatic carbocycles. The van der Waals surface area contributed by atoms with E-state index in [-0.39, 0.29) is 11.9 Å². The Morgan fingerprint density at radius 1 is 1.19 bits per heavy atom. The van der Waals surface area contributed by atoms with E-state index in [0.717, 1.165) is 22.4 Å². The summed E-state index contributed by atoms with van der Waals surface area (Å²) in [5.74, 6) is 0.451. The number of benzene rings is 2. The van der Waals surface area contributed by atoms with Crippen LogP contribution in [-0.2, 0) is 0 Å². The van der Waals surface area contributed by atoms with Gasteiger partial charge in [-0.15, -0.1) is 0 Å². The molecular weight excluding hydrogens is 289 g/mol. The van der Waals surface area contributed by atoms with Gasteiger partial charge in [0.05, 0.1) is 13.2 Å². The van der Waals surface area contributed by atoms with Crippen LogP contribution in [0.15, 0.2) is 30.3 Å². The van der Waals surface area contributed by atoms with Gasteiger partial charge in [0.2, 0.25) is 0 Å². The molecule has 0 aromatic heterocycles. The minimum atomic E-state index is -0.320. The third-order valence-electron chi connectivity index (χ3n) is 3.56. The molecule has 2 rings (SSSR count). The summed E-state index contributed by atoms with van der Waals surface area (Å²) in [7, 11) is 3.42.